The first-order valence-corrected chi connectivity index (χ1v) is 3.45. The lowest BCUT2D eigenvalue weighted by atomic mass is 10.4. The van der Waals surface area contributed by atoms with Crippen LogP contribution in [-0.4, -0.2) is 18.5 Å². The topological polar surface area (TPSA) is 51.3 Å². The summed E-state index contributed by atoms with van der Waals surface area (Å²) in [6.07, 6.45) is -4.82. The van der Waals surface area contributed by atoms with Gasteiger partial charge in [0.1, 0.15) is 5.75 Å². The monoisotopic (exact) mass is 209 g/mol. The fraction of sp³-hybridized carbons (Fsp3) is 0.286. The van der Waals surface area contributed by atoms with Crippen LogP contribution in [0.1, 0.15) is 0 Å². The highest BCUT2D eigenvalue weighted by Gasteiger charge is 2.31. The van der Waals surface area contributed by atoms with E-state index in [1.54, 1.807) is 0 Å². The zero-order valence-corrected chi connectivity index (χ0v) is 7.01. The second-order valence-corrected chi connectivity index (χ2v) is 2.30. The van der Waals surface area contributed by atoms with Crippen LogP contribution in [0.2, 0.25) is 0 Å². The lowest BCUT2D eigenvalue weighted by molar-refractivity contribution is -0.274. The number of methoxy groups -OCH3 is 1. The van der Waals surface area contributed by atoms with Gasteiger partial charge in [0.25, 0.3) is 5.56 Å². The van der Waals surface area contributed by atoms with Crippen molar-refractivity contribution in [1.29, 1.82) is 0 Å². The minimum atomic E-state index is -4.82. The Morgan fingerprint density at radius 3 is 2.50 bits per heavy atom. The second-order valence-electron chi connectivity index (χ2n) is 2.30. The third kappa shape index (κ3) is 3.00. The zero-order chi connectivity index (χ0) is 10.8. The Hall–Kier alpha value is -1.66. The van der Waals surface area contributed by atoms with Crippen LogP contribution in [0.15, 0.2) is 16.9 Å². The van der Waals surface area contributed by atoms with E-state index in [0.29, 0.717) is 6.07 Å². The Kier molecular flexibility index (Phi) is 2.68. The van der Waals surface area contributed by atoms with Crippen LogP contribution < -0.4 is 15.0 Å². The second kappa shape index (κ2) is 3.60. The first-order chi connectivity index (χ1) is 6.40. The summed E-state index contributed by atoms with van der Waals surface area (Å²) in [5.74, 6) is -0.713. The van der Waals surface area contributed by atoms with Gasteiger partial charge in [-0.2, -0.15) is 0 Å². The van der Waals surface area contributed by atoms with Crippen LogP contribution in [0.5, 0.6) is 11.6 Å². The molecule has 0 atom stereocenters. The molecule has 0 fully saturated rings. The summed E-state index contributed by atoms with van der Waals surface area (Å²) in [6, 6.07) is 1.60. The number of hydrogen-bond donors (Lipinski definition) is 1. The fourth-order valence-electron chi connectivity index (χ4n) is 0.796. The van der Waals surface area contributed by atoms with Gasteiger partial charge in [-0.15, -0.1) is 13.2 Å². The average molecular weight is 209 g/mol. The van der Waals surface area contributed by atoms with E-state index in [1.165, 1.54) is 7.11 Å². The molecule has 0 saturated heterocycles. The number of alkyl halides is 3. The van der Waals surface area contributed by atoms with E-state index < -0.39 is 17.7 Å². The van der Waals surface area contributed by atoms with E-state index in [-0.39, 0.29) is 5.88 Å². The molecule has 1 rings (SSSR count). The lowest BCUT2D eigenvalue weighted by Crippen LogP contribution is -2.18. The first-order valence-electron chi connectivity index (χ1n) is 3.45. The molecule has 1 aromatic heterocycles. The Morgan fingerprint density at radius 2 is 2.00 bits per heavy atom. The molecule has 0 radical (unpaired) electrons. The molecule has 0 bridgehead atoms. The van der Waals surface area contributed by atoms with Gasteiger partial charge in [-0.25, -0.2) is 0 Å². The van der Waals surface area contributed by atoms with Gasteiger partial charge >= 0.3 is 6.36 Å². The van der Waals surface area contributed by atoms with Gasteiger partial charge < -0.3 is 9.47 Å². The highest BCUT2D eigenvalue weighted by atomic mass is 19.4. The largest absolute Gasteiger partial charge is 0.573 e. The maximum Gasteiger partial charge on any atom is 0.573 e. The third-order valence-electron chi connectivity index (χ3n) is 1.25. The van der Waals surface area contributed by atoms with Crippen molar-refractivity contribution in [3.8, 4) is 11.6 Å². The Bertz CT molecular complexity index is 371. The third-order valence-corrected chi connectivity index (χ3v) is 1.25. The van der Waals surface area contributed by atoms with Crippen molar-refractivity contribution in [1.82, 2.24) is 4.98 Å². The molecule has 0 aliphatic rings. The molecule has 0 aromatic carbocycles. The Morgan fingerprint density at radius 1 is 1.36 bits per heavy atom. The number of rotatable bonds is 2. The fourth-order valence-corrected chi connectivity index (χ4v) is 0.796. The van der Waals surface area contributed by atoms with Crippen molar-refractivity contribution in [3.63, 3.8) is 0 Å². The number of ether oxygens (including phenoxy) is 2. The number of H-pyrrole nitrogens is 1. The summed E-state index contributed by atoms with van der Waals surface area (Å²) < 4.78 is 43.3. The molecule has 0 aliphatic carbocycles. The van der Waals surface area contributed by atoms with E-state index in [2.05, 4.69) is 14.5 Å². The minimum absolute atomic E-state index is 0.100. The molecule has 7 heteroatoms. The first kappa shape index (κ1) is 10.4. The van der Waals surface area contributed by atoms with Crippen LogP contribution >= 0.6 is 0 Å². The average Bonchev–Trinajstić information content (AvgIpc) is 1.99. The molecule has 0 amide bonds. The normalized spacial score (nSPS) is 11.1. The summed E-state index contributed by atoms with van der Waals surface area (Å²) in [6.45, 7) is 0. The Labute approximate surface area is 76.3 Å². The molecule has 0 saturated carbocycles. The summed E-state index contributed by atoms with van der Waals surface area (Å²) in [4.78, 5) is 12.9. The van der Waals surface area contributed by atoms with Gasteiger partial charge in [0.05, 0.1) is 7.11 Å². The molecular weight excluding hydrogens is 203 g/mol. The van der Waals surface area contributed by atoms with Gasteiger partial charge in [-0.1, -0.05) is 0 Å². The van der Waals surface area contributed by atoms with Crippen LogP contribution in [0.25, 0.3) is 0 Å². The molecule has 0 aliphatic heterocycles. The number of halogens is 3. The predicted molar refractivity (Wildman–Crippen MR) is 40.3 cm³/mol. The van der Waals surface area contributed by atoms with Gasteiger partial charge in [-0.05, 0) is 0 Å². The summed E-state index contributed by atoms with van der Waals surface area (Å²) in [5.41, 5.74) is -0.733. The van der Waals surface area contributed by atoms with Crippen LogP contribution in [0, 0.1) is 0 Å². The highest BCUT2D eigenvalue weighted by molar-refractivity contribution is 5.26. The van der Waals surface area contributed by atoms with Crippen LogP contribution in [-0.2, 0) is 0 Å². The number of aromatic nitrogens is 1. The quantitative estimate of drug-likeness (QED) is 0.798. The minimum Gasteiger partial charge on any atom is -0.482 e. The SMILES string of the molecule is COc1cc(OC(F)(F)F)cc(=O)[nH]1. The molecule has 0 spiro atoms. The Balaban J connectivity index is 2.98. The maximum atomic E-state index is 11.7. The van der Waals surface area contributed by atoms with E-state index in [9.17, 15) is 18.0 Å². The van der Waals surface area contributed by atoms with E-state index >= 15 is 0 Å². The lowest BCUT2D eigenvalue weighted by Gasteiger charge is -2.08. The van der Waals surface area contributed by atoms with Gasteiger partial charge in [0, 0.05) is 12.1 Å². The molecule has 14 heavy (non-hydrogen) atoms. The van der Waals surface area contributed by atoms with Crippen LogP contribution in [0.3, 0.4) is 0 Å². The van der Waals surface area contributed by atoms with Gasteiger partial charge in [0.2, 0.25) is 0 Å². The van der Waals surface area contributed by atoms with Crippen molar-refractivity contribution in [2.45, 2.75) is 6.36 Å². The van der Waals surface area contributed by atoms with Crippen molar-refractivity contribution in [3.05, 3.63) is 22.5 Å². The number of nitrogens with one attached hydrogen (secondary N) is 1. The van der Waals surface area contributed by atoms with E-state index in [4.69, 9.17) is 0 Å². The summed E-state index contributed by atoms with van der Waals surface area (Å²) >= 11 is 0. The smallest absolute Gasteiger partial charge is 0.482 e. The number of aromatic amines is 1. The molecule has 1 N–H and O–H groups in total. The number of pyridine rings is 1. The molecule has 1 heterocycles. The van der Waals surface area contributed by atoms with E-state index in [0.717, 1.165) is 6.07 Å². The van der Waals surface area contributed by atoms with Crippen molar-refractivity contribution in [2.75, 3.05) is 7.11 Å². The van der Waals surface area contributed by atoms with Crippen LogP contribution in [0.4, 0.5) is 13.2 Å². The molecule has 0 unspecified atom stereocenters. The summed E-state index contributed by atoms with van der Waals surface area (Å²) in [5, 5.41) is 0. The standard InChI is InChI=1S/C7H6F3NO3/c1-13-6-3-4(2-5(12)11-6)14-7(8,9)10/h2-3H,1H3,(H,11,12). The zero-order valence-electron chi connectivity index (χ0n) is 7.01. The van der Waals surface area contributed by atoms with Crippen molar-refractivity contribution >= 4 is 0 Å². The molecule has 78 valence electrons. The maximum absolute atomic E-state index is 11.7. The van der Waals surface area contributed by atoms with Gasteiger partial charge in [-0.3, -0.25) is 9.78 Å². The molecule has 1 aromatic rings. The van der Waals surface area contributed by atoms with Crippen molar-refractivity contribution in [2.24, 2.45) is 0 Å². The molecular formula is C7H6F3NO3. The van der Waals surface area contributed by atoms with E-state index in [1.807, 2.05) is 0 Å². The summed E-state index contributed by atoms with van der Waals surface area (Å²) in [7, 11) is 1.21. The van der Waals surface area contributed by atoms with Gasteiger partial charge in [0.15, 0.2) is 5.88 Å². The van der Waals surface area contributed by atoms with Crippen molar-refractivity contribution < 1.29 is 22.6 Å². The highest BCUT2D eigenvalue weighted by Crippen LogP contribution is 2.23. The predicted octanol–water partition coefficient (Wildman–Crippen LogP) is 1.28. The number of hydrogen-bond acceptors (Lipinski definition) is 3. The molecule has 4 nitrogen and oxygen atoms in total.